The molecule has 0 spiro atoms. The van der Waals surface area contributed by atoms with Gasteiger partial charge in [0.05, 0.1) is 18.4 Å². The van der Waals surface area contributed by atoms with Crippen LogP contribution in [0.3, 0.4) is 0 Å². The summed E-state index contributed by atoms with van der Waals surface area (Å²) in [4.78, 5) is 0. The van der Waals surface area contributed by atoms with Gasteiger partial charge in [-0.05, 0) is 12.1 Å². The monoisotopic (exact) mass is 322 g/mol. The zero-order valence-electron chi connectivity index (χ0n) is 8.88. The fraction of sp³-hybridized carbons (Fsp3) is 0.333. The number of hydrogen-bond donors (Lipinski definition) is 0. The van der Waals surface area contributed by atoms with Crippen LogP contribution in [-0.2, 0) is 21.0 Å². The smallest absolute Gasteiger partial charge is 0.420 e. The molecule has 0 atom stereocenters. The van der Waals surface area contributed by atoms with Crippen LogP contribution in [0, 0.1) is 0 Å². The molecule has 9 heteroatoms. The molecule has 1 aromatic rings. The van der Waals surface area contributed by atoms with E-state index in [4.69, 9.17) is 22.3 Å². The van der Waals surface area contributed by atoms with Crippen LogP contribution in [-0.4, -0.2) is 15.5 Å². The van der Waals surface area contributed by atoms with Crippen molar-refractivity contribution in [3.8, 4) is 5.75 Å². The predicted octanol–water partition coefficient (Wildman–Crippen LogP) is 3.44. The lowest BCUT2D eigenvalue weighted by Crippen LogP contribution is -2.10. The maximum Gasteiger partial charge on any atom is 0.420 e. The molecule has 102 valence electrons. The second-order valence-corrected chi connectivity index (χ2v) is 6.54. The fourth-order valence-electron chi connectivity index (χ4n) is 1.39. The van der Waals surface area contributed by atoms with Crippen LogP contribution in [0.15, 0.2) is 12.1 Å². The highest BCUT2D eigenvalue weighted by atomic mass is 35.7. The highest BCUT2D eigenvalue weighted by molar-refractivity contribution is 8.13. The average molecular weight is 323 g/mol. The van der Waals surface area contributed by atoms with Gasteiger partial charge in [0, 0.05) is 21.3 Å². The van der Waals surface area contributed by atoms with Crippen molar-refractivity contribution < 1.29 is 26.3 Å². The molecule has 1 rings (SSSR count). The molecule has 0 bridgehead atoms. The zero-order chi connectivity index (χ0) is 14.1. The summed E-state index contributed by atoms with van der Waals surface area (Å²) < 4.78 is 64.6. The van der Waals surface area contributed by atoms with E-state index in [0.717, 1.165) is 13.2 Å². The van der Waals surface area contributed by atoms with Gasteiger partial charge in [0.1, 0.15) is 5.75 Å². The minimum absolute atomic E-state index is 0.243. The molecule has 1 aromatic carbocycles. The number of rotatable bonds is 3. The van der Waals surface area contributed by atoms with E-state index in [1.807, 2.05) is 0 Å². The van der Waals surface area contributed by atoms with E-state index in [0.29, 0.717) is 6.07 Å². The van der Waals surface area contributed by atoms with Crippen molar-refractivity contribution in [3.63, 3.8) is 0 Å². The Bertz CT molecular complexity index is 555. The van der Waals surface area contributed by atoms with E-state index in [1.54, 1.807) is 0 Å². The second kappa shape index (κ2) is 5.14. The summed E-state index contributed by atoms with van der Waals surface area (Å²) in [5.74, 6) is -1.41. The Morgan fingerprint density at radius 2 is 1.89 bits per heavy atom. The lowest BCUT2D eigenvalue weighted by molar-refractivity contribution is -0.138. The Morgan fingerprint density at radius 3 is 2.28 bits per heavy atom. The normalized spacial score (nSPS) is 12.6. The van der Waals surface area contributed by atoms with Crippen LogP contribution in [0.25, 0.3) is 0 Å². The molecule has 0 N–H and O–H groups in total. The molecular formula is C9H7Cl2F3O3S. The summed E-state index contributed by atoms with van der Waals surface area (Å²) in [6.45, 7) is 0. The molecule has 0 unspecified atom stereocenters. The van der Waals surface area contributed by atoms with Crippen molar-refractivity contribution in [2.75, 3.05) is 7.11 Å². The molecule has 0 saturated carbocycles. The first-order chi connectivity index (χ1) is 8.04. The topological polar surface area (TPSA) is 43.4 Å². The van der Waals surface area contributed by atoms with Gasteiger partial charge >= 0.3 is 6.18 Å². The van der Waals surface area contributed by atoms with Crippen molar-refractivity contribution in [2.45, 2.75) is 11.9 Å². The lowest BCUT2D eigenvalue weighted by atomic mass is 10.1. The third-order valence-corrected chi connectivity index (χ3v) is 3.17. The molecule has 0 radical (unpaired) electrons. The highest BCUT2D eigenvalue weighted by Crippen LogP contribution is 2.40. The van der Waals surface area contributed by atoms with E-state index in [1.165, 1.54) is 0 Å². The minimum atomic E-state index is -4.71. The van der Waals surface area contributed by atoms with Crippen LogP contribution in [0.2, 0.25) is 5.02 Å². The van der Waals surface area contributed by atoms with Crippen molar-refractivity contribution in [2.24, 2.45) is 0 Å². The summed E-state index contributed by atoms with van der Waals surface area (Å²) >= 11 is 5.52. The Hall–Kier alpha value is -0.660. The van der Waals surface area contributed by atoms with E-state index in [2.05, 4.69) is 4.74 Å². The predicted molar refractivity (Wildman–Crippen MR) is 61.5 cm³/mol. The van der Waals surface area contributed by atoms with Crippen molar-refractivity contribution in [3.05, 3.63) is 28.3 Å². The quantitative estimate of drug-likeness (QED) is 0.801. The summed E-state index contributed by atoms with van der Waals surface area (Å²) in [6, 6.07) is 1.72. The third-order valence-electron chi connectivity index (χ3n) is 1.97. The third kappa shape index (κ3) is 3.93. The fourth-order valence-corrected chi connectivity index (χ4v) is 2.57. The summed E-state index contributed by atoms with van der Waals surface area (Å²) in [7, 11) is 1.99. The van der Waals surface area contributed by atoms with E-state index in [-0.39, 0.29) is 10.6 Å². The maximum atomic E-state index is 12.7. The lowest BCUT2D eigenvalue weighted by Gasteiger charge is -2.15. The van der Waals surface area contributed by atoms with Gasteiger partial charge in [-0.1, -0.05) is 11.6 Å². The van der Waals surface area contributed by atoms with Gasteiger partial charge in [-0.15, -0.1) is 0 Å². The molecular weight excluding hydrogens is 316 g/mol. The van der Waals surface area contributed by atoms with Crippen LogP contribution >= 0.6 is 22.3 Å². The van der Waals surface area contributed by atoms with Crippen LogP contribution < -0.4 is 4.74 Å². The summed E-state index contributed by atoms with van der Waals surface area (Å²) in [5.41, 5.74) is -1.39. The van der Waals surface area contributed by atoms with Gasteiger partial charge < -0.3 is 4.74 Å². The number of halogens is 5. The summed E-state index contributed by atoms with van der Waals surface area (Å²) in [6.07, 6.45) is -4.71. The number of benzene rings is 1. The molecule has 0 aliphatic carbocycles. The highest BCUT2D eigenvalue weighted by Gasteiger charge is 2.36. The standard InChI is InChI=1S/C9H7Cl2F3O3S/c1-17-8-5(4-18(11,15)16)2-6(10)3-7(8)9(12,13)14/h2-3H,4H2,1H3. The van der Waals surface area contributed by atoms with Gasteiger partial charge in [-0.3, -0.25) is 0 Å². The molecule has 0 aromatic heterocycles. The Kier molecular flexibility index (Phi) is 4.40. The first-order valence-corrected chi connectivity index (χ1v) is 7.26. The van der Waals surface area contributed by atoms with Crippen LogP contribution in [0.1, 0.15) is 11.1 Å². The number of alkyl halides is 3. The first-order valence-electron chi connectivity index (χ1n) is 4.40. The SMILES string of the molecule is COc1c(CS(=O)(=O)Cl)cc(Cl)cc1C(F)(F)F. The largest absolute Gasteiger partial charge is 0.496 e. The van der Waals surface area contributed by atoms with E-state index >= 15 is 0 Å². The maximum absolute atomic E-state index is 12.7. The van der Waals surface area contributed by atoms with Gasteiger partial charge in [-0.25, -0.2) is 8.42 Å². The molecule has 0 fully saturated rings. The van der Waals surface area contributed by atoms with E-state index < -0.39 is 32.3 Å². The molecule has 0 amide bonds. The van der Waals surface area contributed by atoms with Crippen LogP contribution in [0.5, 0.6) is 5.75 Å². The minimum Gasteiger partial charge on any atom is -0.496 e. The molecule has 18 heavy (non-hydrogen) atoms. The van der Waals surface area contributed by atoms with Crippen molar-refractivity contribution >= 4 is 31.3 Å². The van der Waals surface area contributed by atoms with Gasteiger partial charge in [0.2, 0.25) is 9.05 Å². The van der Waals surface area contributed by atoms with Crippen LogP contribution in [0.4, 0.5) is 13.2 Å². The molecule has 0 aliphatic heterocycles. The Balaban J connectivity index is 3.48. The zero-order valence-corrected chi connectivity index (χ0v) is 11.2. The van der Waals surface area contributed by atoms with Gasteiger partial charge in [0.15, 0.2) is 0 Å². The first kappa shape index (κ1) is 15.4. The Morgan fingerprint density at radius 1 is 1.33 bits per heavy atom. The number of hydrogen-bond acceptors (Lipinski definition) is 3. The van der Waals surface area contributed by atoms with Crippen molar-refractivity contribution in [1.82, 2.24) is 0 Å². The second-order valence-electron chi connectivity index (χ2n) is 3.33. The number of methoxy groups -OCH3 is 1. The molecule has 0 aliphatic rings. The van der Waals surface area contributed by atoms with Gasteiger partial charge in [0.25, 0.3) is 0 Å². The van der Waals surface area contributed by atoms with Crippen molar-refractivity contribution in [1.29, 1.82) is 0 Å². The molecule has 0 heterocycles. The average Bonchev–Trinajstić information content (AvgIpc) is 2.12. The summed E-state index contributed by atoms with van der Waals surface area (Å²) in [5, 5.41) is -0.251. The Labute approximate surface area is 111 Å². The number of ether oxygens (including phenoxy) is 1. The van der Waals surface area contributed by atoms with Gasteiger partial charge in [-0.2, -0.15) is 13.2 Å². The van der Waals surface area contributed by atoms with E-state index in [9.17, 15) is 21.6 Å². The molecule has 3 nitrogen and oxygen atoms in total. The molecule has 0 saturated heterocycles.